The number of anilines is 1. The maximum Gasteiger partial charge on any atom is 0.350 e. The lowest BCUT2D eigenvalue weighted by Gasteiger charge is -2.14. The molecule has 37 heavy (non-hydrogen) atoms. The summed E-state index contributed by atoms with van der Waals surface area (Å²) in [5, 5.41) is 7.24. The number of nitrogens with zero attached hydrogens (tertiary/aromatic N) is 5. The predicted molar refractivity (Wildman–Crippen MR) is 139 cm³/mol. The van der Waals surface area contributed by atoms with Gasteiger partial charge in [0.05, 0.1) is 17.5 Å². The van der Waals surface area contributed by atoms with Crippen molar-refractivity contribution in [1.29, 1.82) is 0 Å². The molecule has 0 bridgehead atoms. The van der Waals surface area contributed by atoms with Gasteiger partial charge in [-0.05, 0) is 48.7 Å². The van der Waals surface area contributed by atoms with Crippen molar-refractivity contribution in [3.63, 3.8) is 0 Å². The molecular formula is C26H25N7O4. The molecular weight excluding hydrogens is 474 g/mol. The molecule has 4 aromatic heterocycles. The molecule has 188 valence electrons. The Labute approximate surface area is 210 Å². The molecule has 1 amide bonds. The van der Waals surface area contributed by atoms with Crippen LogP contribution in [0, 0.1) is 0 Å². The monoisotopic (exact) mass is 499 g/mol. The number of fused-ring (bicyclic) bond motifs is 2. The number of aryl methyl sites for hydroxylation is 1. The maximum absolute atomic E-state index is 13.4. The Morgan fingerprint density at radius 3 is 2.62 bits per heavy atom. The summed E-state index contributed by atoms with van der Waals surface area (Å²) in [6, 6.07) is 13.9. The Kier molecular flexibility index (Phi) is 6.04. The van der Waals surface area contributed by atoms with Gasteiger partial charge in [-0.25, -0.2) is 19.3 Å². The molecule has 5 rings (SSSR count). The number of amides is 1. The van der Waals surface area contributed by atoms with Gasteiger partial charge in [-0.15, -0.1) is 5.10 Å². The van der Waals surface area contributed by atoms with Gasteiger partial charge in [0.25, 0.3) is 11.5 Å². The lowest BCUT2D eigenvalue weighted by atomic mass is 10.0. The van der Waals surface area contributed by atoms with Gasteiger partial charge in [-0.2, -0.15) is 0 Å². The summed E-state index contributed by atoms with van der Waals surface area (Å²) in [5.41, 5.74) is 1.15. The van der Waals surface area contributed by atoms with Gasteiger partial charge >= 0.3 is 11.4 Å². The van der Waals surface area contributed by atoms with E-state index in [1.165, 1.54) is 13.6 Å². The van der Waals surface area contributed by atoms with E-state index < -0.39 is 17.2 Å². The van der Waals surface area contributed by atoms with E-state index in [1.807, 2.05) is 19.9 Å². The Morgan fingerprint density at radius 1 is 1.08 bits per heavy atom. The Hall–Kier alpha value is -4.80. The van der Waals surface area contributed by atoms with Crippen molar-refractivity contribution in [1.82, 2.24) is 28.7 Å². The Bertz CT molecular complexity index is 1840. The number of H-pyrrole nitrogens is 1. The molecule has 0 aliphatic rings. The molecule has 0 spiro atoms. The van der Waals surface area contributed by atoms with Crippen molar-refractivity contribution in [3.8, 4) is 0 Å². The summed E-state index contributed by atoms with van der Waals surface area (Å²) in [6.07, 6.45) is 1.65. The van der Waals surface area contributed by atoms with Crippen LogP contribution in [0.3, 0.4) is 0 Å². The lowest BCUT2D eigenvalue weighted by molar-refractivity contribution is 0.102. The Morgan fingerprint density at radius 2 is 1.89 bits per heavy atom. The average molecular weight is 500 g/mol. The van der Waals surface area contributed by atoms with Crippen LogP contribution in [-0.4, -0.2) is 34.6 Å². The number of hydrogen-bond acceptors (Lipinski definition) is 6. The van der Waals surface area contributed by atoms with Crippen LogP contribution in [0.15, 0.2) is 69.1 Å². The van der Waals surface area contributed by atoms with Crippen molar-refractivity contribution >= 4 is 28.3 Å². The second-order valence-corrected chi connectivity index (χ2v) is 8.98. The van der Waals surface area contributed by atoms with E-state index >= 15 is 0 Å². The number of aromatic nitrogens is 6. The highest BCUT2D eigenvalue weighted by molar-refractivity contribution is 6.11. The zero-order chi connectivity index (χ0) is 26.3. The summed E-state index contributed by atoms with van der Waals surface area (Å²) in [4.78, 5) is 58.0. The molecule has 0 aliphatic heterocycles. The summed E-state index contributed by atoms with van der Waals surface area (Å²) in [5.74, 6) is -0.550. The summed E-state index contributed by atoms with van der Waals surface area (Å²) < 4.78 is 4.15. The van der Waals surface area contributed by atoms with E-state index in [9.17, 15) is 19.2 Å². The fourth-order valence-corrected chi connectivity index (χ4v) is 4.25. The van der Waals surface area contributed by atoms with Crippen LogP contribution >= 0.6 is 0 Å². The standard InChI is InChI=1S/C26H25N7O4/c1-4-31-22-21(24(35)29-25(31)36)18(13-19(28-22)15(2)3)23(34)27-17-9-7-8-16(12-17)14-33-26(37)32-11-6-5-10-20(32)30-33/h5-13,15H,4,14H2,1-3H3,(H,27,34)(H,29,35,36). The van der Waals surface area contributed by atoms with E-state index in [-0.39, 0.29) is 41.3 Å². The zero-order valence-electron chi connectivity index (χ0n) is 20.6. The summed E-state index contributed by atoms with van der Waals surface area (Å²) in [7, 11) is 0. The predicted octanol–water partition coefficient (Wildman–Crippen LogP) is 2.34. The molecule has 0 radical (unpaired) electrons. The fourth-order valence-electron chi connectivity index (χ4n) is 4.25. The SMILES string of the molecule is CCn1c(=O)[nH]c(=O)c2c(C(=O)Nc3cccc(Cn4nc5ccccn5c4=O)c3)cc(C(C)C)nc21. The smallest absolute Gasteiger partial charge is 0.322 e. The summed E-state index contributed by atoms with van der Waals surface area (Å²) in [6.45, 7) is 6.10. The third-order valence-electron chi connectivity index (χ3n) is 6.13. The van der Waals surface area contributed by atoms with Crippen LogP contribution in [0.25, 0.3) is 16.7 Å². The van der Waals surface area contributed by atoms with Crippen LogP contribution in [-0.2, 0) is 13.1 Å². The second kappa shape index (κ2) is 9.34. The first-order valence-corrected chi connectivity index (χ1v) is 11.9. The number of pyridine rings is 2. The lowest BCUT2D eigenvalue weighted by Crippen LogP contribution is -2.32. The van der Waals surface area contributed by atoms with E-state index in [1.54, 1.807) is 55.6 Å². The number of carbonyl (C=O) groups excluding carboxylic acids is 1. The van der Waals surface area contributed by atoms with Crippen molar-refractivity contribution in [2.24, 2.45) is 0 Å². The maximum atomic E-state index is 13.4. The van der Waals surface area contributed by atoms with Crippen LogP contribution < -0.4 is 22.3 Å². The van der Waals surface area contributed by atoms with Crippen LogP contribution in [0.4, 0.5) is 5.69 Å². The highest BCUT2D eigenvalue weighted by Gasteiger charge is 2.20. The minimum Gasteiger partial charge on any atom is -0.322 e. The van der Waals surface area contributed by atoms with Crippen LogP contribution in [0.1, 0.15) is 48.3 Å². The first kappa shape index (κ1) is 23.9. The molecule has 4 heterocycles. The molecule has 0 atom stereocenters. The number of carbonyl (C=O) groups is 1. The van der Waals surface area contributed by atoms with Gasteiger partial charge in [0.15, 0.2) is 11.3 Å². The highest BCUT2D eigenvalue weighted by Crippen LogP contribution is 2.21. The minimum atomic E-state index is -0.669. The third kappa shape index (κ3) is 4.35. The van der Waals surface area contributed by atoms with Gasteiger partial charge < -0.3 is 5.32 Å². The molecule has 0 saturated carbocycles. The van der Waals surface area contributed by atoms with Crippen molar-refractivity contribution in [2.45, 2.75) is 39.8 Å². The number of rotatable bonds is 6. The first-order chi connectivity index (χ1) is 17.8. The van der Waals surface area contributed by atoms with Crippen molar-refractivity contribution in [2.75, 3.05) is 5.32 Å². The molecule has 11 heteroatoms. The van der Waals surface area contributed by atoms with Gasteiger partial charge in [-0.3, -0.25) is 23.5 Å². The third-order valence-corrected chi connectivity index (χ3v) is 6.13. The molecule has 0 unspecified atom stereocenters. The molecule has 2 N–H and O–H groups in total. The van der Waals surface area contributed by atoms with Gasteiger partial charge in [0, 0.05) is 24.1 Å². The van der Waals surface area contributed by atoms with Gasteiger partial charge in [0.2, 0.25) is 0 Å². The Balaban J connectivity index is 1.52. The van der Waals surface area contributed by atoms with Crippen LogP contribution in [0.5, 0.6) is 0 Å². The van der Waals surface area contributed by atoms with E-state index in [0.29, 0.717) is 17.0 Å². The molecule has 0 fully saturated rings. The van der Waals surface area contributed by atoms with Gasteiger partial charge in [0.1, 0.15) is 0 Å². The average Bonchev–Trinajstić information content (AvgIpc) is 3.18. The molecule has 1 aromatic carbocycles. The van der Waals surface area contributed by atoms with E-state index in [2.05, 4.69) is 20.4 Å². The van der Waals surface area contributed by atoms with E-state index in [0.717, 1.165) is 5.56 Å². The van der Waals surface area contributed by atoms with E-state index in [4.69, 9.17) is 0 Å². The molecule has 0 aliphatic carbocycles. The minimum absolute atomic E-state index is 0.0392. The van der Waals surface area contributed by atoms with Crippen LogP contribution in [0.2, 0.25) is 0 Å². The molecule has 5 aromatic rings. The fraction of sp³-hybridized carbons (Fsp3) is 0.231. The summed E-state index contributed by atoms with van der Waals surface area (Å²) >= 11 is 0. The van der Waals surface area contributed by atoms with Gasteiger partial charge in [-0.1, -0.05) is 32.0 Å². The highest BCUT2D eigenvalue weighted by atomic mass is 16.2. The largest absolute Gasteiger partial charge is 0.350 e. The zero-order valence-corrected chi connectivity index (χ0v) is 20.6. The number of benzene rings is 1. The number of nitrogens with one attached hydrogen (secondary N) is 2. The second-order valence-electron chi connectivity index (χ2n) is 8.98. The molecule has 11 nitrogen and oxygen atoms in total. The quantitative estimate of drug-likeness (QED) is 0.368. The van der Waals surface area contributed by atoms with Crippen molar-refractivity contribution in [3.05, 3.63) is 103 Å². The normalized spacial score (nSPS) is 11.5. The molecule has 0 saturated heterocycles. The van der Waals surface area contributed by atoms with Crippen molar-refractivity contribution < 1.29 is 4.79 Å². The number of aromatic amines is 1. The topological polar surface area (TPSA) is 136 Å². The number of hydrogen-bond donors (Lipinski definition) is 2. The first-order valence-electron chi connectivity index (χ1n) is 11.9.